The van der Waals surface area contributed by atoms with Gasteiger partial charge in [0.15, 0.2) is 0 Å². The van der Waals surface area contributed by atoms with Crippen molar-refractivity contribution in [1.29, 1.82) is 0 Å². The second-order valence-electron chi connectivity index (χ2n) is 4.54. The van der Waals surface area contributed by atoms with Crippen LogP contribution in [0.1, 0.15) is 13.3 Å². The summed E-state index contributed by atoms with van der Waals surface area (Å²) in [5, 5.41) is 6.66. The van der Waals surface area contributed by atoms with E-state index in [2.05, 4.69) is 32.5 Å². The summed E-state index contributed by atoms with van der Waals surface area (Å²) < 4.78 is 0. The van der Waals surface area contributed by atoms with E-state index in [-0.39, 0.29) is 10.9 Å². The predicted molar refractivity (Wildman–Crippen MR) is 74.5 cm³/mol. The van der Waals surface area contributed by atoms with Crippen molar-refractivity contribution < 1.29 is 0 Å². The first kappa shape index (κ1) is 12.3. The van der Waals surface area contributed by atoms with Gasteiger partial charge in [-0.15, -0.1) is 0 Å². The molecular weight excluding hydrogens is 280 g/mol. The Morgan fingerprint density at radius 3 is 2.71 bits per heavy atom. The van der Waals surface area contributed by atoms with Crippen LogP contribution >= 0.6 is 15.9 Å². The predicted octanol–water partition coefficient (Wildman–Crippen LogP) is 3.72. The summed E-state index contributed by atoms with van der Waals surface area (Å²) in [5.74, 6) is 0. The summed E-state index contributed by atoms with van der Waals surface area (Å²) in [5.41, 5.74) is 0.392. The van der Waals surface area contributed by atoms with Crippen molar-refractivity contribution in [3.63, 3.8) is 0 Å². The van der Waals surface area contributed by atoms with Gasteiger partial charge in [0.25, 0.3) is 0 Å². The Bertz CT molecular complexity index is 421. The molecule has 0 spiro atoms. The van der Waals surface area contributed by atoms with Crippen molar-refractivity contribution in [1.82, 2.24) is 0 Å². The Labute approximate surface area is 109 Å². The quantitative estimate of drug-likeness (QED) is 0.524. The van der Waals surface area contributed by atoms with Crippen LogP contribution in [-0.4, -0.2) is 16.4 Å². The zero-order valence-electron chi connectivity index (χ0n) is 9.64. The third-order valence-corrected chi connectivity index (χ3v) is 3.72. The van der Waals surface area contributed by atoms with E-state index in [1.807, 2.05) is 43.3 Å². The second-order valence-corrected chi connectivity index (χ2v) is 5.72. The Hall–Kier alpha value is -1.16. The highest BCUT2D eigenvalue weighted by Crippen LogP contribution is 2.32. The van der Waals surface area contributed by atoms with E-state index in [4.69, 9.17) is 0 Å². The molecule has 0 radical (unpaired) electrons. The fraction of sp³-hybridized carbons (Fsp3) is 0.385. The lowest BCUT2D eigenvalue weighted by atomic mass is 9.83. The van der Waals surface area contributed by atoms with Gasteiger partial charge in [-0.1, -0.05) is 51.5 Å². The minimum absolute atomic E-state index is 0.0591. The molecule has 3 nitrogen and oxygen atoms in total. The summed E-state index contributed by atoms with van der Waals surface area (Å²) in [7, 11) is 0. The topological polar surface area (TPSA) is 41.5 Å². The van der Waals surface area contributed by atoms with E-state index < -0.39 is 5.54 Å². The molecular formula is C13H15BrN2O. The number of hydrogen-bond acceptors (Lipinski definition) is 3. The summed E-state index contributed by atoms with van der Waals surface area (Å²) in [6.07, 6.45) is 4.78. The zero-order valence-corrected chi connectivity index (χ0v) is 11.2. The lowest BCUT2D eigenvalue weighted by Crippen LogP contribution is -2.45. The average Bonchev–Trinajstić information content (AvgIpc) is 2.34. The maximum absolute atomic E-state index is 11.1. The van der Waals surface area contributed by atoms with E-state index in [0.29, 0.717) is 6.42 Å². The number of allylic oxidation sites excluding steroid dienone is 1. The third-order valence-electron chi connectivity index (χ3n) is 3.10. The van der Waals surface area contributed by atoms with E-state index >= 15 is 0 Å². The van der Waals surface area contributed by atoms with E-state index in [0.717, 1.165) is 5.69 Å². The standard InChI is InChI=1S/C13H15BrN2O/c1-13(16-17)9-10(14)7-8-12(13)15-11-5-3-2-4-6-11/h2-8,10,12,15H,9H2,1H3/t10?,12?,13-/m1/s1. The number of alkyl halides is 1. The molecule has 0 aromatic heterocycles. The SMILES string of the molecule is C[C@@]1(N=O)CC(Br)C=CC1Nc1ccccc1. The van der Waals surface area contributed by atoms with E-state index in [1.54, 1.807) is 0 Å². The first-order valence-electron chi connectivity index (χ1n) is 5.62. The van der Waals surface area contributed by atoms with Crippen molar-refractivity contribution >= 4 is 21.6 Å². The maximum atomic E-state index is 11.1. The van der Waals surface area contributed by atoms with Gasteiger partial charge in [-0.2, -0.15) is 4.91 Å². The number of nitrogens with one attached hydrogen (secondary N) is 1. The maximum Gasteiger partial charge on any atom is 0.125 e. The van der Waals surface area contributed by atoms with Gasteiger partial charge in [-0.25, -0.2) is 0 Å². The molecule has 4 heteroatoms. The Balaban J connectivity index is 2.19. The average molecular weight is 295 g/mol. The van der Waals surface area contributed by atoms with Crippen molar-refractivity contribution in [2.75, 3.05) is 5.32 Å². The highest BCUT2D eigenvalue weighted by atomic mass is 79.9. The highest BCUT2D eigenvalue weighted by molar-refractivity contribution is 9.09. The van der Waals surface area contributed by atoms with Crippen molar-refractivity contribution in [2.24, 2.45) is 5.18 Å². The van der Waals surface area contributed by atoms with Crippen LogP contribution in [0.2, 0.25) is 0 Å². The van der Waals surface area contributed by atoms with Gasteiger partial charge in [-0.05, 0) is 25.5 Å². The summed E-state index contributed by atoms with van der Waals surface area (Å²) >= 11 is 3.50. The minimum atomic E-state index is -0.612. The molecule has 1 N–H and O–H groups in total. The lowest BCUT2D eigenvalue weighted by Gasteiger charge is -2.35. The van der Waals surface area contributed by atoms with Crippen LogP contribution in [0.5, 0.6) is 0 Å². The van der Waals surface area contributed by atoms with E-state index in [1.165, 1.54) is 0 Å². The van der Waals surface area contributed by atoms with Crippen LogP contribution < -0.4 is 5.32 Å². The molecule has 0 saturated heterocycles. The molecule has 0 fully saturated rings. The first-order chi connectivity index (χ1) is 8.14. The fourth-order valence-corrected chi connectivity index (χ4v) is 2.87. The molecule has 0 amide bonds. The van der Waals surface area contributed by atoms with Gasteiger partial charge >= 0.3 is 0 Å². The smallest absolute Gasteiger partial charge is 0.125 e. The number of halogens is 1. The summed E-state index contributed by atoms with van der Waals surface area (Å²) in [6.45, 7) is 1.89. The molecule has 2 rings (SSSR count). The van der Waals surface area contributed by atoms with Gasteiger partial charge in [0, 0.05) is 10.5 Å². The van der Waals surface area contributed by atoms with Crippen LogP contribution in [0.4, 0.5) is 5.69 Å². The molecule has 3 atom stereocenters. The highest BCUT2D eigenvalue weighted by Gasteiger charge is 2.38. The van der Waals surface area contributed by atoms with Crippen LogP contribution in [-0.2, 0) is 0 Å². The Morgan fingerprint density at radius 2 is 2.06 bits per heavy atom. The normalized spacial score (nSPS) is 32.1. The molecule has 0 bridgehead atoms. The number of hydrogen-bond donors (Lipinski definition) is 1. The number of nitrogens with zero attached hydrogens (tertiary/aromatic N) is 1. The number of rotatable bonds is 3. The molecule has 0 saturated carbocycles. The van der Waals surface area contributed by atoms with Gasteiger partial charge < -0.3 is 5.32 Å². The zero-order chi connectivity index (χ0) is 12.3. The lowest BCUT2D eigenvalue weighted by molar-refractivity contribution is 0.402. The molecule has 1 aliphatic rings. The van der Waals surface area contributed by atoms with Crippen LogP contribution in [0.15, 0.2) is 47.7 Å². The van der Waals surface area contributed by atoms with Crippen LogP contribution in [0.3, 0.4) is 0 Å². The van der Waals surface area contributed by atoms with Crippen molar-refractivity contribution in [2.45, 2.75) is 29.8 Å². The molecule has 17 heavy (non-hydrogen) atoms. The minimum Gasteiger partial charge on any atom is -0.376 e. The van der Waals surface area contributed by atoms with Crippen molar-refractivity contribution in [3.8, 4) is 0 Å². The molecule has 1 aromatic rings. The molecule has 0 heterocycles. The third kappa shape index (κ3) is 2.75. The van der Waals surface area contributed by atoms with Crippen LogP contribution in [0.25, 0.3) is 0 Å². The molecule has 0 aliphatic heterocycles. The molecule has 1 aliphatic carbocycles. The monoisotopic (exact) mass is 294 g/mol. The Kier molecular flexibility index (Phi) is 3.62. The fourth-order valence-electron chi connectivity index (χ4n) is 2.04. The summed E-state index contributed by atoms with van der Waals surface area (Å²) in [4.78, 5) is 11.3. The number of nitroso groups, excluding NO2 is 1. The second kappa shape index (κ2) is 5.00. The largest absolute Gasteiger partial charge is 0.376 e. The van der Waals surface area contributed by atoms with Gasteiger partial charge in [-0.3, -0.25) is 0 Å². The van der Waals surface area contributed by atoms with Crippen molar-refractivity contribution in [3.05, 3.63) is 47.4 Å². The first-order valence-corrected chi connectivity index (χ1v) is 6.54. The number of para-hydroxylation sites is 1. The van der Waals surface area contributed by atoms with Gasteiger partial charge in [0.2, 0.25) is 0 Å². The van der Waals surface area contributed by atoms with Gasteiger partial charge in [0.05, 0.1) is 6.04 Å². The Morgan fingerprint density at radius 1 is 1.35 bits per heavy atom. The van der Waals surface area contributed by atoms with E-state index in [9.17, 15) is 4.91 Å². The molecule has 90 valence electrons. The van der Waals surface area contributed by atoms with Crippen LogP contribution in [0, 0.1) is 4.91 Å². The van der Waals surface area contributed by atoms with Gasteiger partial charge in [0.1, 0.15) is 5.54 Å². The number of benzene rings is 1. The summed E-state index contributed by atoms with van der Waals surface area (Å²) in [6, 6.07) is 9.81. The number of anilines is 1. The molecule has 1 aromatic carbocycles. The molecule has 2 unspecified atom stereocenters.